The second-order valence-corrected chi connectivity index (χ2v) is 5.43. The zero-order valence-electron chi connectivity index (χ0n) is 13.7. The summed E-state index contributed by atoms with van der Waals surface area (Å²) in [7, 11) is 0. The topological polar surface area (TPSA) is 87.5 Å². The van der Waals surface area contributed by atoms with Gasteiger partial charge in [0, 0.05) is 6.54 Å². The van der Waals surface area contributed by atoms with E-state index in [0.29, 0.717) is 6.54 Å². The van der Waals surface area contributed by atoms with Crippen LogP contribution in [0, 0.1) is 12.8 Å². The molecule has 0 bridgehead atoms. The maximum Gasteiger partial charge on any atom is 0.312 e. The van der Waals surface area contributed by atoms with Crippen LogP contribution in [0.4, 0.5) is 10.5 Å². The molecular weight excluding hydrogens is 280 g/mol. The molecule has 0 heterocycles. The number of carbonyl (C=O) groups excluding carboxylic acids is 2. The number of benzene rings is 1. The number of primary amides is 1. The van der Waals surface area contributed by atoms with Gasteiger partial charge in [-0.3, -0.25) is 15.2 Å². The lowest BCUT2D eigenvalue weighted by atomic mass is 9.99. The highest BCUT2D eigenvalue weighted by atomic mass is 16.2. The Kier molecular flexibility index (Phi) is 6.69. The van der Waals surface area contributed by atoms with Crippen LogP contribution in [0.5, 0.6) is 0 Å². The van der Waals surface area contributed by atoms with Crippen molar-refractivity contribution in [2.24, 2.45) is 11.7 Å². The molecule has 3 amide bonds. The smallest absolute Gasteiger partial charge is 0.312 e. The van der Waals surface area contributed by atoms with E-state index in [-0.39, 0.29) is 11.8 Å². The quantitative estimate of drug-likeness (QED) is 0.673. The molecule has 0 spiro atoms. The molecule has 1 rings (SSSR count). The van der Waals surface area contributed by atoms with Crippen LogP contribution in [0.1, 0.15) is 32.8 Å². The van der Waals surface area contributed by atoms with Gasteiger partial charge in [0.1, 0.15) is 6.04 Å². The van der Waals surface area contributed by atoms with E-state index in [2.05, 4.69) is 10.7 Å². The molecule has 0 saturated heterocycles. The number of urea groups is 1. The van der Waals surface area contributed by atoms with Crippen molar-refractivity contribution in [1.82, 2.24) is 10.7 Å². The van der Waals surface area contributed by atoms with Crippen molar-refractivity contribution in [3.63, 3.8) is 0 Å². The van der Waals surface area contributed by atoms with Crippen LogP contribution in [-0.2, 0) is 4.79 Å². The molecule has 6 heteroatoms. The SMILES string of the molecule is CC[C@H](C)[C@H](NC(N)=O)C(=O)NN(CC)c1ccc(C)cc1. The van der Waals surface area contributed by atoms with Gasteiger partial charge in [-0.15, -0.1) is 0 Å². The molecule has 22 heavy (non-hydrogen) atoms. The Hall–Kier alpha value is -2.24. The van der Waals surface area contributed by atoms with E-state index in [1.165, 1.54) is 0 Å². The monoisotopic (exact) mass is 306 g/mol. The molecule has 0 unspecified atom stereocenters. The number of rotatable bonds is 7. The average Bonchev–Trinajstić information content (AvgIpc) is 2.50. The highest BCUT2D eigenvalue weighted by Crippen LogP contribution is 2.14. The number of nitrogens with one attached hydrogen (secondary N) is 2. The van der Waals surface area contributed by atoms with Crippen LogP contribution in [-0.4, -0.2) is 24.5 Å². The van der Waals surface area contributed by atoms with Crippen LogP contribution in [0.2, 0.25) is 0 Å². The lowest BCUT2D eigenvalue weighted by Gasteiger charge is -2.29. The van der Waals surface area contributed by atoms with Crippen molar-refractivity contribution < 1.29 is 9.59 Å². The van der Waals surface area contributed by atoms with Gasteiger partial charge in [-0.05, 0) is 31.9 Å². The first kappa shape index (κ1) is 17.8. The summed E-state index contributed by atoms with van der Waals surface area (Å²) in [6, 6.07) is 6.51. The summed E-state index contributed by atoms with van der Waals surface area (Å²) in [6.45, 7) is 8.43. The van der Waals surface area contributed by atoms with Crippen molar-refractivity contribution in [2.45, 2.75) is 40.2 Å². The van der Waals surface area contributed by atoms with E-state index >= 15 is 0 Å². The first-order valence-electron chi connectivity index (χ1n) is 7.59. The summed E-state index contributed by atoms with van der Waals surface area (Å²) < 4.78 is 0. The number of nitrogens with zero attached hydrogens (tertiary/aromatic N) is 1. The van der Waals surface area contributed by atoms with Crippen molar-refractivity contribution >= 4 is 17.6 Å². The third-order valence-corrected chi connectivity index (χ3v) is 3.70. The Labute approximate surface area is 132 Å². The lowest BCUT2D eigenvalue weighted by Crippen LogP contribution is -2.56. The number of nitrogens with two attached hydrogens (primary N) is 1. The molecule has 0 aliphatic rings. The standard InChI is InChI=1S/C16H26N4O2/c1-5-12(4)14(18-16(17)22)15(21)19-20(6-2)13-9-7-11(3)8-10-13/h7-10,12,14H,5-6H2,1-4H3,(H,19,21)(H3,17,18,22)/t12-,14-/m0/s1. The van der Waals surface area contributed by atoms with Gasteiger partial charge in [0.2, 0.25) is 0 Å². The lowest BCUT2D eigenvalue weighted by molar-refractivity contribution is -0.124. The summed E-state index contributed by atoms with van der Waals surface area (Å²) in [4.78, 5) is 23.6. The number of amides is 3. The summed E-state index contributed by atoms with van der Waals surface area (Å²) in [5, 5.41) is 4.27. The highest BCUT2D eigenvalue weighted by molar-refractivity contribution is 5.87. The molecule has 1 aromatic rings. The molecule has 0 fully saturated rings. The van der Waals surface area contributed by atoms with E-state index in [9.17, 15) is 9.59 Å². The van der Waals surface area contributed by atoms with Crippen molar-refractivity contribution in [3.05, 3.63) is 29.8 Å². The van der Waals surface area contributed by atoms with Crippen molar-refractivity contribution in [2.75, 3.05) is 11.6 Å². The van der Waals surface area contributed by atoms with Gasteiger partial charge in [-0.25, -0.2) is 4.79 Å². The summed E-state index contributed by atoms with van der Waals surface area (Å²) >= 11 is 0. The average molecular weight is 306 g/mol. The Morgan fingerprint density at radius 3 is 2.27 bits per heavy atom. The van der Waals surface area contributed by atoms with Crippen LogP contribution < -0.4 is 21.5 Å². The molecule has 0 aliphatic carbocycles. The van der Waals surface area contributed by atoms with E-state index in [0.717, 1.165) is 17.7 Å². The van der Waals surface area contributed by atoms with Crippen molar-refractivity contribution in [3.8, 4) is 0 Å². The van der Waals surface area contributed by atoms with E-state index in [4.69, 9.17) is 5.73 Å². The first-order valence-corrected chi connectivity index (χ1v) is 7.59. The molecule has 4 N–H and O–H groups in total. The largest absolute Gasteiger partial charge is 0.352 e. The van der Waals surface area contributed by atoms with Gasteiger partial charge in [0.05, 0.1) is 5.69 Å². The molecule has 0 aromatic heterocycles. The van der Waals surface area contributed by atoms with Crippen LogP contribution in [0.3, 0.4) is 0 Å². The molecule has 6 nitrogen and oxygen atoms in total. The number of aryl methyl sites for hydroxylation is 1. The highest BCUT2D eigenvalue weighted by Gasteiger charge is 2.26. The minimum Gasteiger partial charge on any atom is -0.352 e. The summed E-state index contributed by atoms with van der Waals surface area (Å²) in [6.07, 6.45) is 0.759. The number of hydrogen-bond donors (Lipinski definition) is 3. The summed E-state index contributed by atoms with van der Waals surface area (Å²) in [5.41, 5.74) is 10.1. The molecular formula is C16H26N4O2. The first-order chi connectivity index (χ1) is 10.4. The molecule has 0 saturated carbocycles. The zero-order chi connectivity index (χ0) is 16.7. The molecule has 122 valence electrons. The fourth-order valence-electron chi connectivity index (χ4n) is 2.11. The van der Waals surface area contributed by atoms with Gasteiger partial charge >= 0.3 is 6.03 Å². The third kappa shape index (κ3) is 4.95. The van der Waals surface area contributed by atoms with Crippen molar-refractivity contribution in [1.29, 1.82) is 0 Å². The Morgan fingerprint density at radius 1 is 1.23 bits per heavy atom. The summed E-state index contributed by atoms with van der Waals surface area (Å²) in [5.74, 6) is -0.278. The second kappa shape index (κ2) is 8.26. The van der Waals surface area contributed by atoms with Crippen LogP contribution >= 0.6 is 0 Å². The van der Waals surface area contributed by atoms with Crippen LogP contribution in [0.15, 0.2) is 24.3 Å². The fourth-order valence-corrected chi connectivity index (χ4v) is 2.11. The molecule has 2 atom stereocenters. The minimum absolute atomic E-state index is 0.00998. The zero-order valence-corrected chi connectivity index (χ0v) is 13.7. The maximum absolute atomic E-state index is 12.5. The Balaban J connectivity index is 2.84. The number of anilines is 1. The van der Waals surface area contributed by atoms with Gasteiger partial charge in [-0.2, -0.15) is 0 Å². The van der Waals surface area contributed by atoms with Gasteiger partial charge in [0.25, 0.3) is 5.91 Å². The van der Waals surface area contributed by atoms with Gasteiger partial charge < -0.3 is 11.1 Å². The van der Waals surface area contributed by atoms with E-state index in [1.54, 1.807) is 5.01 Å². The molecule has 1 aromatic carbocycles. The second-order valence-electron chi connectivity index (χ2n) is 5.43. The normalized spacial score (nSPS) is 13.1. The van der Waals surface area contributed by atoms with Crippen LogP contribution in [0.25, 0.3) is 0 Å². The predicted molar refractivity (Wildman–Crippen MR) is 88.3 cm³/mol. The molecule has 0 aliphatic heterocycles. The maximum atomic E-state index is 12.5. The molecule has 0 radical (unpaired) electrons. The number of hydrogen-bond acceptors (Lipinski definition) is 3. The van der Waals surface area contributed by atoms with Gasteiger partial charge in [0.15, 0.2) is 0 Å². The minimum atomic E-state index is -0.696. The van der Waals surface area contributed by atoms with E-state index in [1.807, 2.05) is 52.0 Å². The number of hydrazine groups is 1. The fraction of sp³-hybridized carbons (Fsp3) is 0.500. The van der Waals surface area contributed by atoms with E-state index < -0.39 is 12.1 Å². The Bertz CT molecular complexity index is 501. The Morgan fingerprint density at radius 2 is 1.82 bits per heavy atom. The van der Waals surface area contributed by atoms with Gasteiger partial charge in [-0.1, -0.05) is 38.0 Å². The third-order valence-electron chi connectivity index (χ3n) is 3.70. The number of carbonyl (C=O) groups is 2. The predicted octanol–water partition coefficient (Wildman–Crippen LogP) is 1.94.